The molecule has 1 aromatic rings. The van der Waals surface area contributed by atoms with Gasteiger partial charge in [-0.3, -0.25) is 0 Å². The SMILES string of the molecule is CC1(O)CN(c2cnc(Cl)cn2)C1. The van der Waals surface area contributed by atoms with E-state index in [9.17, 15) is 5.11 Å². The number of nitrogens with zero attached hydrogens (tertiary/aromatic N) is 3. The number of β-amino-alcohol motifs (C(OH)–C–C–N with tert-alkyl or cyclic N) is 1. The van der Waals surface area contributed by atoms with E-state index >= 15 is 0 Å². The third-order valence-electron chi connectivity index (χ3n) is 1.99. The summed E-state index contributed by atoms with van der Waals surface area (Å²) in [6.07, 6.45) is 3.11. The lowest BCUT2D eigenvalue weighted by molar-refractivity contribution is 0.0305. The van der Waals surface area contributed by atoms with Crippen molar-refractivity contribution in [2.24, 2.45) is 0 Å². The predicted molar refractivity (Wildman–Crippen MR) is 49.9 cm³/mol. The molecule has 0 aromatic carbocycles. The molecule has 0 unspecified atom stereocenters. The van der Waals surface area contributed by atoms with Crippen LogP contribution in [0.2, 0.25) is 5.15 Å². The molecular weight excluding hydrogens is 190 g/mol. The van der Waals surface area contributed by atoms with Gasteiger partial charge in [0.05, 0.1) is 18.0 Å². The van der Waals surface area contributed by atoms with E-state index in [1.54, 1.807) is 13.1 Å². The maximum Gasteiger partial charge on any atom is 0.147 e. The first-order valence-corrected chi connectivity index (χ1v) is 4.39. The standard InChI is InChI=1S/C8H10ClN3O/c1-8(13)4-12(5-8)7-3-10-6(9)2-11-7/h2-3,13H,4-5H2,1H3. The summed E-state index contributed by atoms with van der Waals surface area (Å²) in [7, 11) is 0. The van der Waals surface area contributed by atoms with Crippen LogP contribution in [0.3, 0.4) is 0 Å². The maximum absolute atomic E-state index is 9.48. The lowest BCUT2D eigenvalue weighted by Gasteiger charge is -2.44. The molecule has 0 atom stereocenters. The third kappa shape index (κ3) is 1.73. The number of halogens is 1. The summed E-state index contributed by atoms with van der Waals surface area (Å²) in [6.45, 7) is 3.00. The Morgan fingerprint density at radius 1 is 1.46 bits per heavy atom. The molecule has 1 aromatic heterocycles. The fourth-order valence-electron chi connectivity index (χ4n) is 1.41. The Kier molecular flexibility index (Phi) is 1.89. The maximum atomic E-state index is 9.48. The number of aromatic nitrogens is 2. The molecule has 4 nitrogen and oxygen atoms in total. The Bertz CT molecular complexity index is 304. The molecule has 13 heavy (non-hydrogen) atoms. The smallest absolute Gasteiger partial charge is 0.147 e. The first-order valence-electron chi connectivity index (χ1n) is 4.02. The molecule has 1 fully saturated rings. The summed E-state index contributed by atoms with van der Waals surface area (Å²) in [5.74, 6) is 0.760. The zero-order valence-corrected chi connectivity index (χ0v) is 7.99. The summed E-state index contributed by atoms with van der Waals surface area (Å²) in [4.78, 5) is 9.94. The van der Waals surface area contributed by atoms with E-state index in [4.69, 9.17) is 11.6 Å². The van der Waals surface area contributed by atoms with Gasteiger partial charge in [-0.2, -0.15) is 0 Å². The normalized spacial score (nSPS) is 19.8. The fraction of sp³-hybridized carbons (Fsp3) is 0.500. The minimum absolute atomic E-state index is 0.385. The summed E-state index contributed by atoms with van der Waals surface area (Å²) >= 11 is 5.59. The van der Waals surface area contributed by atoms with Gasteiger partial charge in [0, 0.05) is 13.1 Å². The molecule has 0 saturated carbocycles. The van der Waals surface area contributed by atoms with Gasteiger partial charge in [0.1, 0.15) is 11.0 Å². The Labute approximate surface area is 81.2 Å². The number of hydrogen-bond donors (Lipinski definition) is 1. The van der Waals surface area contributed by atoms with E-state index in [1.807, 2.05) is 4.90 Å². The van der Waals surface area contributed by atoms with Crippen molar-refractivity contribution in [2.45, 2.75) is 12.5 Å². The molecule has 0 amide bonds. The molecule has 1 N–H and O–H groups in total. The van der Waals surface area contributed by atoms with Crippen LogP contribution < -0.4 is 4.90 Å². The lowest BCUT2D eigenvalue weighted by atomic mass is 9.97. The van der Waals surface area contributed by atoms with Gasteiger partial charge in [-0.25, -0.2) is 9.97 Å². The minimum Gasteiger partial charge on any atom is -0.386 e. The summed E-state index contributed by atoms with van der Waals surface area (Å²) in [6, 6.07) is 0. The zero-order valence-electron chi connectivity index (χ0n) is 7.24. The number of anilines is 1. The van der Waals surface area contributed by atoms with Crippen LogP contribution in [-0.2, 0) is 0 Å². The van der Waals surface area contributed by atoms with Crippen LogP contribution in [0.5, 0.6) is 0 Å². The van der Waals surface area contributed by atoms with Crippen molar-refractivity contribution in [3.05, 3.63) is 17.5 Å². The molecule has 1 saturated heterocycles. The quantitative estimate of drug-likeness (QED) is 0.724. The number of aliphatic hydroxyl groups is 1. The molecule has 1 aliphatic rings. The predicted octanol–water partition coefficient (Wildman–Crippen LogP) is 0.701. The summed E-state index contributed by atoms with van der Waals surface area (Å²) in [5.41, 5.74) is -0.582. The van der Waals surface area contributed by atoms with E-state index < -0.39 is 5.60 Å². The third-order valence-corrected chi connectivity index (χ3v) is 2.19. The monoisotopic (exact) mass is 199 g/mol. The second-order valence-corrected chi connectivity index (χ2v) is 3.94. The van der Waals surface area contributed by atoms with Gasteiger partial charge in [-0.05, 0) is 6.92 Å². The highest BCUT2D eigenvalue weighted by Crippen LogP contribution is 2.24. The van der Waals surface area contributed by atoms with Crippen molar-refractivity contribution in [1.82, 2.24) is 9.97 Å². The summed E-state index contributed by atoms with van der Waals surface area (Å²) < 4.78 is 0. The van der Waals surface area contributed by atoms with E-state index in [1.165, 1.54) is 6.20 Å². The summed E-state index contributed by atoms with van der Waals surface area (Å²) in [5, 5.41) is 9.87. The zero-order chi connectivity index (χ0) is 9.47. The van der Waals surface area contributed by atoms with Gasteiger partial charge in [0.25, 0.3) is 0 Å². The Balaban J connectivity index is 2.08. The van der Waals surface area contributed by atoms with Gasteiger partial charge < -0.3 is 10.0 Å². The molecule has 70 valence electrons. The highest BCUT2D eigenvalue weighted by molar-refractivity contribution is 6.29. The highest BCUT2D eigenvalue weighted by atomic mass is 35.5. The van der Waals surface area contributed by atoms with Gasteiger partial charge in [0.2, 0.25) is 0 Å². The van der Waals surface area contributed by atoms with Gasteiger partial charge >= 0.3 is 0 Å². The number of rotatable bonds is 1. The lowest BCUT2D eigenvalue weighted by Crippen LogP contribution is -2.60. The van der Waals surface area contributed by atoms with Crippen molar-refractivity contribution >= 4 is 17.4 Å². The molecule has 0 radical (unpaired) electrons. The first-order chi connectivity index (χ1) is 6.07. The highest BCUT2D eigenvalue weighted by Gasteiger charge is 2.37. The van der Waals surface area contributed by atoms with Crippen LogP contribution in [0.4, 0.5) is 5.82 Å². The van der Waals surface area contributed by atoms with Crippen molar-refractivity contribution in [2.75, 3.05) is 18.0 Å². The minimum atomic E-state index is -0.582. The Morgan fingerprint density at radius 3 is 2.62 bits per heavy atom. The molecule has 1 aliphatic heterocycles. The van der Waals surface area contributed by atoms with E-state index in [0.717, 1.165) is 5.82 Å². The molecule has 2 heterocycles. The molecule has 2 rings (SSSR count). The van der Waals surface area contributed by atoms with Crippen LogP contribution in [0.1, 0.15) is 6.92 Å². The first kappa shape index (κ1) is 8.72. The fourth-order valence-corrected chi connectivity index (χ4v) is 1.50. The van der Waals surface area contributed by atoms with Crippen LogP contribution in [0, 0.1) is 0 Å². The van der Waals surface area contributed by atoms with Crippen molar-refractivity contribution in [3.8, 4) is 0 Å². The Morgan fingerprint density at radius 2 is 2.15 bits per heavy atom. The van der Waals surface area contributed by atoms with Crippen LogP contribution in [0.15, 0.2) is 12.4 Å². The van der Waals surface area contributed by atoms with Gasteiger partial charge in [0.15, 0.2) is 0 Å². The topological polar surface area (TPSA) is 49.2 Å². The molecular formula is C8H10ClN3O. The van der Waals surface area contributed by atoms with Gasteiger partial charge in [-0.15, -0.1) is 0 Å². The van der Waals surface area contributed by atoms with Crippen LogP contribution in [-0.4, -0.2) is 33.8 Å². The Hall–Kier alpha value is -0.870. The van der Waals surface area contributed by atoms with E-state index in [-0.39, 0.29) is 0 Å². The van der Waals surface area contributed by atoms with Crippen molar-refractivity contribution < 1.29 is 5.11 Å². The van der Waals surface area contributed by atoms with Crippen LogP contribution in [0.25, 0.3) is 0 Å². The molecule has 0 bridgehead atoms. The average Bonchev–Trinajstić information content (AvgIpc) is 2.01. The van der Waals surface area contributed by atoms with E-state index in [2.05, 4.69) is 9.97 Å². The largest absolute Gasteiger partial charge is 0.386 e. The second kappa shape index (κ2) is 2.82. The van der Waals surface area contributed by atoms with Crippen molar-refractivity contribution in [3.63, 3.8) is 0 Å². The second-order valence-electron chi connectivity index (χ2n) is 3.55. The number of hydrogen-bond acceptors (Lipinski definition) is 4. The molecule has 0 aliphatic carbocycles. The molecule has 0 spiro atoms. The van der Waals surface area contributed by atoms with E-state index in [0.29, 0.717) is 18.2 Å². The van der Waals surface area contributed by atoms with Crippen molar-refractivity contribution in [1.29, 1.82) is 0 Å². The molecule has 5 heteroatoms. The average molecular weight is 200 g/mol. The van der Waals surface area contributed by atoms with Crippen LogP contribution >= 0.6 is 11.6 Å². The van der Waals surface area contributed by atoms with Gasteiger partial charge in [-0.1, -0.05) is 11.6 Å².